The van der Waals surface area contributed by atoms with E-state index in [1.807, 2.05) is 0 Å². The molecule has 0 aliphatic carbocycles. The first-order chi connectivity index (χ1) is 9.24. The third-order valence-corrected chi connectivity index (χ3v) is 4.62. The lowest BCUT2D eigenvalue weighted by molar-refractivity contribution is 0.0954. The number of hydrogen-bond acceptors (Lipinski definition) is 3. The molecule has 0 aromatic heterocycles. The van der Waals surface area contributed by atoms with Crippen molar-refractivity contribution in [2.45, 2.75) is 26.0 Å². The van der Waals surface area contributed by atoms with Crippen LogP contribution in [0.1, 0.15) is 29.8 Å². The molecule has 0 unspecified atom stereocenters. The van der Waals surface area contributed by atoms with Gasteiger partial charge in [-0.3, -0.25) is 4.79 Å². The van der Waals surface area contributed by atoms with Crippen molar-refractivity contribution >= 4 is 15.9 Å². The van der Waals surface area contributed by atoms with Crippen molar-refractivity contribution in [3.8, 4) is 0 Å². The molecule has 0 bridgehead atoms. The zero-order valence-electron chi connectivity index (χ0n) is 11.7. The molecule has 1 amide bonds. The van der Waals surface area contributed by atoms with E-state index in [1.54, 1.807) is 20.8 Å². The van der Waals surface area contributed by atoms with Crippen LogP contribution < -0.4 is 10.0 Å². The minimum atomic E-state index is -3.33. The van der Waals surface area contributed by atoms with Crippen molar-refractivity contribution < 1.29 is 17.6 Å². The van der Waals surface area contributed by atoms with Gasteiger partial charge in [-0.2, -0.15) is 0 Å². The predicted octanol–water partition coefficient (Wildman–Crippen LogP) is 1.19. The van der Waals surface area contributed by atoms with E-state index in [4.69, 9.17) is 0 Å². The second-order valence-corrected chi connectivity index (χ2v) is 7.03. The molecule has 1 aromatic carbocycles. The Morgan fingerprint density at radius 2 is 1.95 bits per heavy atom. The van der Waals surface area contributed by atoms with Gasteiger partial charge in [0.1, 0.15) is 5.82 Å². The summed E-state index contributed by atoms with van der Waals surface area (Å²) in [6.45, 7) is 4.98. The molecule has 0 atom stereocenters. The summed E-state index contributed by atoms with van der Waals surface area (Å²) >= 11 is 0. The Morgan fingerprint density at radius 3 is 2.50 bits per heavy atom. The highest BCUT2D eigenvalue weighted by Crippen LogP contribution is 2.08. The summed E-state index contributed by atoms with van der Waals surface area (Å²) in [5.74, 6) is -0.884. The van der Waals surface area contributed by atoms with Gasteiger partial charge < -0.3 is 5.32 Å². The fourth-order valence-electron chi connectivity index (χ4n) is 1.37. The number of halogens is 1. The van der Waals surface area contributed by atoms with Gasteiger partial charge in [-0.05, 0) is 38.5 Å². The lowest BCUT2D eigenvalue weighted by Gasteiger charge is -2.10. The maximum Gasteiger partial charge on any atom is 0.251 e. The number of carbonyl (C=O) groups excluding carboxylic acids is 1. The Balaban J connectivity index is 2.46. The third-order valence-electron chi connectivity index (χ3n) is 2.77. The molecule has 1 rings (SSSR count). The highest BCUT2D eigenvalue weighted by atomic mass is 32.2. The van der Waals surface area contributed by atoms with Crippen molar-refractivity contribution in [1.82, 2.24) is 10.0 Å². The van der Waals surface area contributed by atoms with E-state index in [0.29, 0.717) is 5.56 Å². The van der Waals surface area contributed by atoms with E-state index in [0.717, 1.165) is 6.07 Å². The van der Waals surface area contributed by atoms with Crippen LogP contribution in [0, 0.1) is 12.7 Å². The van der Waals surface area contributed by atoms with Crippen LogP contribution in [-0.2, 0) is 10.0 Å². The minimum absolute atomic E-state index is 0.0978. The summed E-state index contributed by atoms with van der Waals surface area (Å²) in [6, 6.07) is 4.20. The van der Waals surface area contributed by atoms with Crippen molar-refractivity contribution in [1.29, 1.82) is 0 Å². The van der Waals surface area contributed by atoms with Crippen LogP contribution in [-0.4, -0.2) is 32.7 Å². The van der Waals surface area contributed by atoms with Gasteiger partial charge >= 0.3 is 0 Å². The number of benzene rings is 1. The van der Waals surface area contributed by atoms with Crippen molar-refractivity contribution in [3.63, 3.8) is 0 Å². The zero-order valence-corrected chi connectivity index (χ0v) is 12.6. The average molecular weight is 302 g/mol. The number of aryl methyl sites for hydroxylation is 1. The fourth-order valence-corrected chi connectivity index (χ4v) is 2.09. The second kappa shape index (κ2) is 6.81. The lowest BCUT2D eigenvalue weighted by Crippen LogP contribution is -2.37. The summed E-state index contributed by atoms with van der Waals surface area (Å²) < 4.78 is 38.6. The first-order valence-corrected chi connectivity index (χ1v) is 7.81. The second-order valence-electron chi connectivity index (χ2n) is 4.71. The number of amides is 1. The molecule has 1 aromatic rings. The number of carbonyl (C=O) groups is 1. The maximum atomic E-state index is 13.3. The Labute approximate surface area is 118 Å². The number of hydrogen-bond donors (Lipinski definition) is 2. The lowest BCUT2D eigenvalue weighted by atomic mass is 10.1. The molecule has 20 heavy (non-hydrogen) atoms. The van der Waals surface area contributed by atoms with Crippen LogP contribution in [0.4, 0.5) is 4.39 Å². The molecule has 0 fully saturated rings. The van der Waals surface area contributed by atoms with Gasteiger partial charge in [0.25, 0.3) is 5.91 Å². The highest BCUT2D eigenvalue weighted by molar-refractivity contribution is 7.90. The zero-order chi connectivity index (χ0) is 15.3. The molecule has 0 radical (unpaired) electrons. The Hall–Kier alpha value is -1.47. The molecule has 0 spiro atoms. The van der Waals surface area contributed by atoms with Crippen molar-refractivity contribution in [2.24, 2.45) is 0 Å². The van der Waals surface area contributed by atoms with E-state index < -0.39 is 27.0 Å². The van der Waals surface area contributed by atoms with E-state index in [9.17, 15) is 17.6 Å². The van der Waals surface area contributed by atoms with E-state index >= 15 is 0 Å². The first kappa shape index (κ1) is 16.6. The summed E-state index contributed by atoms with van der Waals surface area (Å²) in [4.78, 5) is 11.7. The third kappa shape index (κ3) is 4.57. The number of sulfonamides is 1. The highest BCUT2D eigenvalue weighted by Gasteiger charge is 2.14. The molecular formula is C13H19FN2O3S. The van der Waals surface area contributed by atoms with E-state index in [-0.39, 0.29) is 18.7 Å². The smallest absolute Gasteiger partial charge is 0.251 e. The van der Waals surface area contributed by atoms with Gasteiger partial charge in [0.15, 0.2) is 0 Å². The standard InChI is InChI=1S/C13H19FN2O3S/c1-9(2)20(18,19)16-7-6-15-13(17)11-5-4-10(3)12(14)8-11/h4-5,8-9,16H,6-7H2,1-3H3,(H,15,17). The Kier molecular flexibility index (Phi) is 5.64. The van der Waals surface area contributed by atoms with Crippen molar-refractivity contribution in [3.05, 3.63) is 35.1 Å². The molecule has 0 saturated heterocycles. The quantitative estimate of drug-likeness (QED) is 0.775. The SMILES string of the molecule is Cc1ccc(C(=O)NCCNS(=O)(=O)C(C)C)cc1F. The first-order valence-electron chi connectivity index (χ1n) is 6.27. The Bertz CT molecular complexity index is 585. The summed E-state index contributed by atoms with van der Waals surface area (Å²) in [5, 5.41) is 2.00. The van der Waals surface area contributed by atoms with Gasteiger partial charge in [-0.1, -0.05) is 6.07 Å². The van der Waals surface area contributed by atoms with Crippen LogP contribution in [0.25, 0.3) is 0 Å². The molecule has 5 nitrogen and oxygen atoms in total. The van der Waals surface area contributed by atoms with Crippen LogP contribution >= 0.6 is 0 Å². The van der Waals surface area contributed by atoms with Crippen LogP contribution in [0.2, 0.25) is 0 Å². The molecule has 0 heterocycles. The largest absolute Gasteiger partial charge is 0.351 e. The Morgan fingerprint density at radius 1 is 1.30 bits per heavy atom. The molecule has 2 N–H and O–H groups in total. The van der Waals surface area contributed by atoms with Crippen LogP contribution in [0.5, 0.6) is 0 Å². The van der Waals surface area contributed by atoms with E-state index in [1.165, 1.54) is 12.1 Å². The monoisotopic (exact) mass is 302 g/mol. The molecule has 7 heteroatoms. The summed E-state index contributed by atoms with van der Waals surface area (Å²) in [7, 11) is -3.33. The minimum Gasteiger partial charge on any atom is -0.351 e. The molecule has 0 saturated carbocycles. The van der Waals surface area contributed by atoms with E-state index in [2.05, 4.69) is 10.0 Å². The van der Waals surface area contributed by atoms with Gasteiger partial charge in [-0.25, -0.2) is 17.5 Å². The summed E-state index contributed by atoms with van der Waals surface area (Å²) in [6.07, 6.45) is 0. The predicted molar refractivity (Wildman–Crippen MR) is 75.5 cm³/mol. The number of rotatable bonds is 6. The maximum absolute atomic E-state index is 13.3. The molecule has 0 aliphatic heterocycles. The normalized spacial score (nSPS) is 11.7. The molecule has 112 valence electrons. The van der Waals surface area contributed by atoms with Gasteiger partial charge in [-0.15, -0.1) is 0 Å². The van der Waals surface area contributed by atoms with Gasteiger partial charge in [0.05, 0.1) is 5.25 Å². The van der Waals surface area contributed by atoms with Gasteiger partial charge in [0.2, 0.25) is 10.0 Å². The fraction of sp³-hybridized carbons (Fsp3) is 0.462. The topological polar surface area (TPSA) is 75.3 Å². The van der Waals surface area contributed by atoms with Crippen LogP contribution in [0.3, 0.4) is 0 Å². The van der Waals surface area contributed by atoms with Crippen molar-refractivity contribution in [2.75, 3.05) is 13.1 Å². The van der Waals surface area contributed by atoms with Gasteiger partial charge in [0, 0.05) is 18.7 Å². The molecule has 0 aliphatic rings. The molecular weight excluding hydrogens is 283 g/mol. The summed E-state index contributed by atoms with van der Waals surface area (Å²) in [5.41, 5.74) is 0.672. The number of nitrogens with one attached hydrogen (secondary N) is 2. The van der Waals surface area contributed by atoms with Crippen LogP contribution in [0.15, 0.2) is 18.2 Å². The average Bonchev–Trinajstić information content (AvgIpc) is 2.37.